The zero-order valence-corrected chi connectivity index (χ0v) is 14.2. The Morgan fingerprint density at radius 3 is 2.69 bits per heavy atom. The molecule has 1 N–H and O–H groups in total. The van der Waals surface area contributed by atoms with Gasteiger partial charge in [0.1, 0.15) is 6.61 Å². The number of nitrogens with zero attached hydrogens (tertiary/aromatic N) is 1. The highest BCUT2D eigenvalue weighted by atomic mass is 19.2. The van der Waals surface area contributed by atoms with Gasteiger partial charge in [-0.25, -0.2) is 8.78 Å². The van der Waals surface area contributed by atoms with Gasteiger partial charge >= 0.3 is 0 Å². The van der Waals surface area contributed by atoms with Crippen molar-refractivity contribution in [1.29, 1.82) is 0 Å². The van der Waals surface area contributed by atoms with E-state index in [0.29, 0.717) is 18.7 Å². The highest BCUT2D eigenvalue weighted by Gasteiger charge is 2.44. The van der Waals surface area contributed by atoms with Crippen molar-refractivity contribution in [3.63, 3.8) is 0 Å². The second kappa shape index (κ2) is 7.13. The van der Waals surface area contributed by atoms with Crippen molar-refractivity contribution in [1.82, 2.24) is 10.2 Å². The van der Waals surface area contributed by atoms with Crippen molar-refractivity contribution in [3.8, 4) is 0 Å². The first-order valence-corrected chi connectivity index (χ1v) is 8.73. The lowest BCUT2D eigenvalue weighted by molar-refractivity contribution is -0.125. The lowest BCUT2D eigenvalue weighted by Crippen LogP contribution is -2.42. The molecule has 2 aliphatic heterocycles. The van der Waals surface area contributed by atoms with Crippen molar-refractivity contribution in [2.45, 2.75) is 24.6 Å². The smallest absolute Gasteiger partial charge is 0.246 e. The van der Waals surface area contributed by atoms with E-state index in [0.717, 1.165) is 18.2 Å². The van der Waals surface area contributed by atoms with E-state index in [9.17, 15) is 13.6 Å². The molecule has 136 valence electrons. The lowest BCUT2D eigenvalue weighted by Gasteiger charge is -2.26. The van der Waals surface area contributed by atoms with Gasteiger partial charge in [-0.2, -0.15) is 0 Å². The minimum absolute atomic E-state index is 0.0141. The van der Waals surface area contributed by atoms with Crippen LogP contribution in [0.2, 0.25) is 0 Å². The molecule has 0 bridgehead atoms. The molecule has 26 heavy (non-hydrogen) atoms. The molecule has 4 nitrogen and oxygen atoms in total. The Balaban J connectivity index is 1.61. The second-order valence-corrected chi connectivity index (χ2v) is 6.84. The Bertz CT molecular complexity index is 800. The topological polar surface area (TPSA) is 41.6 Å². The predicted molar refractivity (Wildman–Crippen MR) is 92.5 cm³/mol. The van der Waals surface area contributed by atoms with Crippen LogP contribution in [0, 0.1) is 11.6 Å². The molecule has 2 aliphatic rings. The van der Waals surface area contributed by atoms with Crippen LogP contribution in [0.4, 0.5) is 8.78 Å². The first kappa shape index (κ1) is 17.1. The predicted octanol–water partition coefficient (Wildman–Crippen LogP) is 2.45. The third-order valence-corrected chi connectivity index (χ3v) is 5.19. The maximum absolute atomic E-state index is 13.6. The minimum atomic E-state index is -0.847. The van der Waals surface area contributed by atoms with E-state index in [4.69, 9.17) is 4.74 Å². The average molecular weight is 358 g/mol. The summed E-state index contributed by atoms with van der Waals surface area (Å²) in [6.45, 7) is 1.73. The standard InChI is InChI=1S/C20H20F2N2O2/c21-16-7-6-13(8-17(16)22)10-24-11-15(14-4-2-1-3-5-14)20-18(24)9-23-19(25)12-26-20/h1-8,15,18,20H,9-12H2,(H,23,25)/t15-,18-,20-/m1/s1. The van der Waals surface area contributed by atoms with Gasteiger partial charge in [-0.1, -0.05) is 36.4 Å². The lowest BCUT2D eigenvalue weighted by atomic mass is 9.93. The number of amides is 1. The fraction of sp³-hybridized carbons (Fsp3) is 0.350. The molecular weight excluding hydrogens is 338 g/mol. The molecule has 0 aliphatic carbocycles. The molecule has 0 saturated carbocycles. The summed E-state index contributed by atoms with van der Waals surface area (Å²) < 4.78 is 32.7. The normalized spacial score (nSPS) is 26.2. The number of ether oxygens (including phenoxy) is 1. The number of halogens is 2. The number of carbonyl (C=O) groups excluding carboxylic acids is 1. The van der Waals surface area contributed by atoms with Crippen molar-refractivity contribution in [2.24, 2.45) is 0 Å². The van der Waals surface area contributed by atoms with E-state index >= 15 is 0 Å². The molecule has 4 rings (SSSR count). The van der Waals surface area contributed by atoms with Crippen LogP contribution in [-0.2, 0) is 16.1 Å². The number of fused-ring (bicyclic) bond motifs is 1. The van der Waals surface area contributed by atoms with Gasteiger partial charge in [0.05, 0.1) is 12.1 Å². The van der Waals surface area contributed by atoms with E-state index in [-0.39, 0.29) is 30.6 Å². The van der Waals surface area contributed by atoms with Crippen LogP contribution >= 0.6 is 0 Å². The molecule has 2 aromatic rings. The van der Waals surface area contributed by atoms with Crippen molar-refractivity contribution in [3.05, 3.63) is 71.3 Å². The SMILES string of the molecule is O=C1CO[C@@H]2[C@@H](c3ccccc3)CN(Cc3ccc(F)c(F)c3)[C@@H]2CN1. The largest absolute Gasteiger partial charge is 0.366 e. The monoisotopic (exact) mass is 358 g/mol. The Morgan fingerprint density at radius 2 is 1.92 bits per heavy atom. The third kappa shape index (κ3) is 3.34. The summed E-state index contributed by atoms with van der Waals surface area (Å²) >= 11 is 0. The second-order valence-electron chi connectivity index (χ2n) is 6.84. The highest BCUT2D eigenvalue weighted by molar-refractivity contribution is 5.77. The molecule has 0 radical (unpaired) electrons. The summed E-state index contributed by atoms with van der Waals surface area (Å²) in [5.74, 6) is -1.69. The Morgan fingerprint density at radius 1 is 1.12 bits per heavy atom. The number of carbonyl (C=O) groups is 1. The molecule has 0 aromatic heterocycles. The Labute approximate surface area is 150 Å². The van der Waals surface area contributed by atoms with Crippen molar-refractivity contribution < 1.29 is 18.3 Å². The number of nitrogens with one attached hydrogen (secondary N) is 1. The zero-order chi connectivity index (χ0) is 18.1. The first-order valence-electron chi connectivity index (χ1n) is 8.73. The van der Waals surface area contributed by atoms with E-state index in [2.05, 4.69) is 22.3 Å². The fourth-order valence-electron chi connectivity index (χ4n) is 3.93. The average Bonchev–Trinajstić information content (AvgIpc) is 2.87. The summed E-state index contributed by atoms with van der Waals surface area (Å²) in [6, 6.07) is 14.0. The maximum Gasteiger partial charge on any atom is 0.246 e. The van der Waals surface area contributed by atoms with Gasteiger partial charge in [0.15, 0.2) is 11.6 Å². The number of hydrogen-bond donors (Lipinski definition) is 1. The maximum atomic E-state index is 13.6. The van der Waals surface area contributed by atoms with Crippen LogP contribution in [0.5, 0.6) is 0 Å². The Kier molecular flexibility index (Phi) is 4.70. The summed E-state index contributed by atoms with van der Waals surface area (Å²) in [7, 11) is 0. The van der Waals surface area contributed by atoms with Crippen LogP contribution in [0.15, 0.2) is 48.5 Å². The van der Waals surface area contributed by atoms with E-state index in [1.165, 1.54) is 6.07 Å². The minimum Gasteiger partial charge on any atom is -0.366 e. The molecule has 1 amide bonds. The van der Waals surface area contributed by atoms with E-state index < -0.39 is 11.6 Å². The molecule has 6 heteroatoms. The first-order chi connectivity index (χ1) is 12.6. The number of rotatable bonds is 3. The van der Waals surface area contributed by atoms with Gasteiger partial charge in [-0.05, 0) is 23.3 Å². The van der Waals surface area contributed by atoms with Crippen LogP contribution < -0.4 is 5.32 Å². The molecule has 3 atom stereocenters. The van der Waals surface area contributed by atoms with Gasteiger partial charge < -0.3 is 10.1 Å². The quantitative estimate of drug-likeness (QED) is 0.916. The highest BCUT2D eigenvalue weighted by Crippen LogP contribution is 2.36. The summed E-state index contributed by atoms with van der Waals surface area (Å²) in [5, 5.41) is 2.88. The van der Waals surface area contributed by atoms with Crippen LogP contribution in [0.3, 0.4) is 0 Å². The van der Waals surface area contributed by atoms with Crippen molar-refractivity contribution >= 4 is 5.91 Å². The van der Waals surface area contributed by atoms with Crippen molar-refractivity contribution in [2.75, 3.05) is 19.7 Å². The summed E-state index contributed by atoms with van der Waals surface area (Å²) in [5.41, 5.74) is 1.86. The van der Waals surface area contributed by atoms with E-state index in [1.54, 1.807) is 6.07 Å². The van der Waals surface area contributed by atoms with Gasteiger partial charge in [0.25, 0.3) is 0 Å². The summed E-state index contributed by atoms with van der Waals surface area (Å²) in [6.07, 6.45) is -0.123. The molecule has 2 saturated heterocycles. The van der Waals surface area contributed by atoms with Crippen LogP contribution in [-0.4, -0.2) is 42.6 Å². The number of hydrogen-bond acceptors (Lipinski definition) is 3. The number of likely N-dealkylation sites (tertiary alicyclic amines) is 1. The molecule has 2 heterocycles. The number of benzene rings is 2. The van der Waals surface area contributed by atoms with Crippen LogP contribution in [0.1, 0.15) is 17.0 Å². The molecule has 0 spiro atoms. The van der Waals surface area contributed by atoms with Gasteiger partial charge in [-0.15, -0.1) is 0 Å². The third-order valence-electron chi connectivity index (χ3n) is 5.19. The summed E-state index contributed by atoms with van der Waals surface area (Å²) in [4.78, 5) is 13.9. The molecule has 2 aromatic carbocycles. The molecule has 2 fully saturated rings. The van der Waals surface area contributed by atoms with Gasteiger partial charge in [0.2, 0.25) is 5.91 Å². The zero-order valence-electron chi connectivity index (χ0n) is 14.2. The fourth-order valence-corrected chi connectivity index (χ4v) is 3.93. The Hall–Kier alpha value is -2.31. The van der Waals surface area contributed by atoms with E-state index in [1.807, 2.05) is 18.2 Å². The van der Waals surface area contributed by atoms with Crippen LogP contribution in [0.25, 0.3) is 0 Å². The van der Waals surface area contributed by atoms with Gasteiger partial charge in [-0.3, -0.25) is 9.69 Å². The van der Waals surface area contributed by atoms with Gasteiger partial charge in [0, 0.05) is 25.6 Å². The molecule has 0 unspecified atom stereocenters. The molecular formula is C20H20F2N2O2.